The van der Waals surface area contributed by atoms with Crippen LogP contribution in [0.15, 0.2) is 51.8 Å². The fourth-order valence-corrected chi connectivity index (χ4v) is 2.01. The lowest BCUT2D eigenvalue weighted by molar-refractivity contribution is 0.0776. The molecule has 3 rings (SSSR count). The third kappa shape index (κ3) is 3.78. The van der Waals surface area contributed by atoms with E-state index in [1.165, 1.54) is 35.6 Å². The molecule has 0 bridgehead atoms. The van der Waals surface area contributed by atoms with Crippen molar-refractivity contribution in [2.75, 3.05) is 7.05 Å². The summed E-state index contributed by atoms with van der Waals surface area (Å²) in [7, 11) is 1.62. The Morgan fingerprint density at radius 1 is 1.38 bits per heavy atom. The van der Waals surface area contributed by atoms with E-state index in [1.54, 1.807) is 19.2 Å². The fraction of sp³-hybridized carbons (Fsp3) is 0.188. The predicted molar refractivity (Wildman–Crippen MR) is 79.5 cm³/mol. The van der Waals surface area contributed by atoms with Crippen molar-refractivity contribution >= 4 is 5.91 Å². The monoisotopic (exact) mass is 331 g/mol. The van der Waals surface area contributed by atoms with Crippen LogP contribution in [0.2, 0.25) is 0 Å². The number of aromatic nitrogens is 2. The summed E-state index contributed by atoms with van der Waals surface area (Å²) in [6, 6.07) is 7.39. The third-order valence-corrected chi connectivity index (χ3v) is 3.17. The van der Waals surface area contributed by atoms with Crippen LogP contribution >= 0.6 is 0 Å². The Bertz CT molecular complexity index is 816. The van der Waals surface area contributed by atoms with E-state index in [2.05, 4.69) is 10.1 Å². The molecular weight excluding hydrogens is 317 g/mol. The summed E-state index contributed by atoms with van der Waals surface area (Å²) in [5, 5.41) is 3.74. The van der Waals surface area contributed by atoms with Crippen molar-refractivity contribution in [3.63, 3.8) is 0 Å². The van der Waals surface area contributed by atoms with Gasteiger partial charge < -0.3 is 18.6 Å². The number of oxazole rings is 1. The van der Waals surface area contributed by atoms with Crippen LogP contribution in [0.4, 0.5) is 4.39 Å². The van der Waals surface area contributed by atoms with Gasteiger partial charge in [0.1, 0.15) is 29.8 Å². The Labute approximate surface area is 136 Å². The molecule has 0 saturated heterocycles. The van der Waals surface area contributed by atoms with Crippen LogP contribution in [-0.4, -0.2) is 28.0 Å². The predicted octanol–water partition coefficient (Wildman–Crippen LogP) is 2.65. The van der Waals surface area contributed by atoms with Gasteiger partial charge in [-0.15, -0.1) is 0 Å². The van der Waals surface area contributed by atoms with E-state index in [0.29, 0.717) is 11.4 Å². The molecule has 0 N–H and O–H groups in total. The third-order valence-electron chi connectivity index (χ3n) is 3.17. The maximum absolute atomic E-state index is 13.1. The van der Waals surface area contributed by atoms with Crippen LogP contribution in [0.1, 0.15) is 22.1 Å². The van der Waals surface area contributed by atoms with E-state index >= 15 is 0 Å². The minimum atomic E-state index is -0.398. The van der Waals surface area contributed by atoms with E-state index in [-0.39, 0.29) is 30.6 Å². The molecule has 0 saturated carbocycles. The van der Waals surface area contributed by atoms with Crippen molar-refractivity contribution in [2.45, 2.75) is 13.2 Å². The molecule has 7 nitrogen and oxygen atoms in total. The van der Waals surface area contributed by atoms with Gasteiger partial charge in [0, 0.05) is 19.2 Å². The maximum Gasteiger partial charge on any atom is 0.275 e. The summed E-state index contributed by atoms with van der Waals surface area (Å²) in [4.78, 5) is 17.8. The van der Waals surface area contributed by atoms with Crippen molar-refractivity contribution in [3.05, 3.63) is 66.0 Å². The molecule has 0 aliphatic rings. The molecule has 2 aromatic heterocycles. The van der Waals surface area contributed by atoms with Gasteiger partial charge in [-0.25, -0.2) is 9.37 Å². The standard InChI is InChI=1S/C16H14FN3O4/c1-20(8-12-5-6-24-19-12)16(21)14-9-23-15(18-14)10-22-13-4-2-3-11(17)7-13/h2-7,9H,8,10H2,1H3. The van der Waals surface area contributed by atoms with Crippen LogP contribution in [-0.2, 0) is 13.2 Å². The molecule has 0 aliphatic carbocycles. The Hall–Kier alpha value is -3.16. The first-order chi connectivity index (χ1) is 11.6. The molecule has 2 heterocycles. The first-order valence-electron chi connectivity index (χ1n) is 7.09. The Kier molecular flexibility index (Phi) is 4.55. The van der Waals surface area contributed by atoms with Gasteiger partial charge in [-0.2, -0.15) is 0 Å². The number of ether oxygens (including phenoxy) is 1. The van der Waals surface area contributed by atoms with Gasteiger partial charge in [0.05, 0.1) is 6.54 Å². The van der Waals surface area contributed by atoms with E-state index in [0.717, 1.165) is 0 Å². The van der Waals surface area contributed by atoms with Gasteiger partial charge in [0.2, 0.25) is 5.89 Å². The minimum Gasteiger partial charge on any atom is -0.484 e. The lowest BCUT2D eigenvalue weighted by atomic mass is 10.3. The number of halogens is 1. The van der Waals surface area contributed by atoms with Crippen molar-refractivity contribution in [1.29, 1.82) is 0 Å². The van der Waals surface area contributed by atoms with Crippen LogP contribution in [0.5, 0.6) is 5.75 Å². The largest absolute Gasteiger partial charge is 0.484 e. The second-order valence-electron chi connectivity index (χ2n) is 5.02. The number of hydrogen-bond acceptors (Lipinski definition) is 6. The average Bonchev–Trinajstić information content (AvgIpc) is 3.24. The highest BCUT2D eigenvalue weighted by molar-refractivity contribution is 5.91. The van der Waals surface area contributed by atoms with Gasteiger partial charge in [-0.1, -0.05) is 11.2 Å². The highest BCUT2D eigenvalue weighted by Gasteiger charge is 2.18. The Morgan fingerprint density at radius 2 is 2.25 bits per heavy atom. The van der Waals surface area contributed by atoms with Crippen molar-refractivity contribution < 1.29 is 22.9 Å². The van der Waals surface area contributed by atoms with Gasteiger partial charge in [0.15, 0.2) is 12.3 Å². The zero-order chi connectivity index (χ0) is 16.9. The number of nitrogens with zero attached hydrogens (tertiary/aromatic N) is 3. The average molecular weight is 331 g/mol. The van der Waals surface area contributed by atoms with Crippen molar-refractivity contribution in [2.24, 2.45) is 0 Å². The zero-order valence-electron chi connectivity index (χ0n) is 12.8. The molecule has 0 radical (unpaired) electrons. The van der Waals surface area contributed by atoms with Crippen LogP contribution < -0.4 is 4.74 Å². The van der Waals surface area contributed by atoms with Gasteiger partial charge in [-0.3, -0.25) is 4.79 Å². The molecule has 0 aliphatic heterocycles. The quantitative estimate of drug-likeness (QED) is 0.691. The van der Waals surface area contributed by atoms with E-state index in [9.17, 15) is 9.18 Å². The summed E-state index contributed by atoms with van der Waals surface area (Å²) in [5.74, 6) is -0.148. The first kappa shape index (κ1) is 15.7. The molecule has 0 fully saturated rings. The normalized spacial score (nSPS) is 10.6. The summed E-state index contributed by atoms with van der Waals surface area (Å²) < 4.78 is 28.4. The van der Waals surface area contributed by atoms with Crippen LogP contribution in [0.25, 0.3) is 0 Å². The van der Waals surface area contributed by atoms with Crippen molar-refractivity contribution in [1.82, 2.24) is 15.0 Å². The Morgan fingerprint density at radius 3 is 3.00 bits per heavy atom. The fourth-order valence-electron chi connectivity index (χ4n) is 2.01. The van der Waals surface area contributed by atoms with E-state index in [4.69, 9.17) is 13.7 Å². The van der Waals surface area contributed by atoms with Crippen LogP contribution in [0.3, 0.4) is 0 Å². The molecule has 3 aromatic rings. The maximum atomic E-state index is 13.1. The number of carbonyl (C=O) groups is 1. The number of hydrogen-bond donors (Lipinski definition) is 0. The number of benzene rings is 1. The van der Waals surface area contributed by atoms with E-state index in [1.807, 2.05) is 0 Å². The molecule has 0 atom stereocenters. The molecule has 1 aromatic carbocycles. The molecule has 124 valence electrons. The highest BCUT2D eigenvalue weighted by Crippen LogP contribution is 2.14. The lowest BCUT2D eigenvalue weighted by Crippen LogP contribution is -2.26. The minimum absolute atomic E-state index is 0.0102. The van der Waals surface area contributed by atoms with Gasteiger partial charge in [-0.05, 0) is 12.1 Å². The molecule has 24 heavy (non-hydrogen) atoms. The molecular formula is C16H14FN3O4. The van der Waals surface area contributed by atoms with Gasteiger partial charge >= 0.3 is 0 Å². The van der Waals surface area contributed by atoms with Crippen molar-refractivity contribution in [3.8, 4) is 5.75 Å². The SMILES string of the molecule is CN(Cc1ccon1)C(=O)c1coc(COc2cccc(F)c2)n1. The molecule has 1 amide bonds. The summed E-state index contributed by atoms with van der Waals surface area (Å²) in [5.41, 5.74) is 0.780. The van der Waals surface area contributed by atoms with Gasteiger partial charge in [0.25, 0.3) is 5.91 Å². The lowest BCUT2D eigenvalue weighted by Gasteiger charge is -2.13. The van der Waals surface area contributed by atoms with Crippen LogP contribution in [0, 0.1) is 5.82 Å². The molecule has 0 unspecified atom stereocenters. The summed E-state index contributed by atoms with van der Waals surface area (Å²) in [6.45, 7) is 0.279. The number of carbonyl (C=O) groups excluding carboxylic acids is 1. The van der Waals surface area contributed by atoms with E-state index < -0.39 is 5.82 Å². The molecule has 8 heteroatoms. The first-order valence-corrected chi connectivity index (χ1v) is 7.09. The number of amides is 1. The zero-order valence-corrected chi connectivity index (χ0v) is 12.8. The smallest absolute Gasteiger partial charge is 0.275 e. The second-order valence-corrected chi connectivity index (χ2v) is 5.02. The highest BCUT2D eigenvalue weighted by atomic mass is 19.1. The Balaban J connectivity index is 1.59. The summed E-state index contributed by atoms with van der Waals surface area (Å²) in [6.07, 6.45) is 2.69. The number of rotatable bonds is 6. The topological polar surface area (TPSA) is 81.6 Å². The molecule has 0 spiro atoms. The summed E-state index contributed by atoms with van der Waals surface area (Å²) >= 11 is 0. The second kappa shape index (κ2) is 6.95.